The summed E-state index contributed by atoms with van der Waals surface area (Å²) in [6, 6.07) is 6.14. The van der Waals surface area contributed by atoms with Crippen molar-refractivity contribution in [3.8, 4) is 0 Å². The van der Waals surface area contributed by atoms with E-state index in [0.29, 0.717) is 21.9 Å². The van der Waals surface area contributed by atoms with Crippen molar-refractivity contribution < 1.29 is 24.4 Å². The molecule has 1 saturated heterocycles. The summed E-state index contributed by atoms with van der Waals surface area (Å²) < 4.78 is 20.0. The largest absolute Gasteiger partial charge is 0.394 e. The van der Waals surface area contributed by atoms with Crippen molar-refractivity contribution in [1.29, 1.82) is 0 Å². The molecule has 0 amide bonds. The van der Waals surface area contributed by atoms with E-state index >= 15 is 0 Å². The summed E-state index contributed by atoms with van der Waals surface area (Å²) in [6.07, 6.45) is -2.97. The summed E-state index contributed by atoms with van der Waals surface area (Å²) in [5.74, 6) is 0.231. The number of nitrogen functional groups attached to an aromatic ring is 1. The highest BCUT2D eigenvalue weighted by Crippen LogP contribution is 2.34. The van der Waals surface area contributed by atoms with Gasteiger partial charge in [-0.2, -0.15) is 4.98 Å². The topological polar surface area (TPSA) is 140 Å². The van der Waals surface area contributed by atoms with Crippen molar-refractivity contribution in [2.75, 3.05) is 12.3 Å². The lowest BCUT2D eigenvalue weighted by molar-refractivity contribution is -0.0511. The molecule has 2 aromatic heterocycles. The summed E-state index contributed by atoms with van der Waals surface area (Å²) in [4.78, 5) is 12.7. The highest BCUT2D eigenvalue weighted by molar-refractivity contribution is 7.98. The standard InChI is InChI=1S/C17H18FN5O4S/c18-9-3-1-8(2-4-9)6-28-15-11-14(21-17(19)22-15)23(7-20-11)16-13(26)12(25)10(5-24)27-16/h1-4,7,10,12-13,16,24-26H,5-6H2,(H2,19,21,22)/t10-,12+,13+,16+/m0/s1. The minimum absolute atomic E-state index is 0.0163. The third kappa shape index (κ3) is 3.42. The maximum absolute atomic E-state index is 13.1. The van der Waals surface area contributed by atoms with Crippen LogP contribution in [0, 0.1) is 5.82 Å². The molecule has 148 valence electrons. The van der Waals surface area contributed by atoms with Crippen LogP contribution in [0.4, 0.5) is 10.3 Å². The number of hydrogen-bond donors (Lipinski definition) is 4. The average Bonchev–Trinajstić information content (AvgIpc) is 3.22. The second-order valence-corrected chi connectivity index (χ2v) is 7.32. The van der Waals surface area contributed by atoms with Gasteiger partial charge in [-0.05, 0) is 17.7 Å². The molecular formula is C17H18FN5O4S. The first-order valence-electron chi connectivity index (χ1n) is 8.47. The molecule has 0 aliphatic carbocycles. The van der Waals surface area contributed by atoms with Crippen LogP contribution in [0.2, 0.25) is 0 Å². The second kappa shape index (κ2) is 7.60. The number of rotatable bonds is 5. The predicted octanol–water partition coefficient (Wildman–Crippen LogP) is 0.451. The van der Waals surface area contributed by atoms with E-state index in [1.54, 1.807) is 12.1 Å². The molecule has 0 radical (unpaired) electrons. The van der Waals surface area contributed by atoms with Crippen LogP contribution in [0.1, 0.15) is 11.8 Å². The summed E-state index contributed by atoms with van der Waals surface area (Å²) in [6.45, 7) is -0.433. The first-order valence-corrected chi connectivity index (χ1v) is 9.46. The third-order valence-corrected chi connectivity index (χ3v) is 5.52. The molecule has 4 atom stereocenters. The fraction of sp³-hybridized carbons (Fsp3) is 0.353. The number of nitrogens with two attached hydrogens (primary N) is 1. The highest BCUT2D eigenvalue weighted by Gasteiger charge is 2.44. The normalized spacial score (nSPS) is 24.9. The van der Waals surface area contributed by atoms with E-state index in [9.17, 15) is 19.7 Å². The number of aliphatic hydroxyl groups excluding tert-OH is 3. The molecule has 0 unspecified atom stereocenters. The maximum atomic E-state index is 13.1. The van der Waals surface area contributed by atoms with E-state index in [1.165, 1.54) is 34.8 Å². The Bertz CT molecular complexity index is 986. The Morgan fingerprint density at radius 1 is 1.18 bits per heavy atom. The zero-order chi connectivity index (χ0) is 19.8. The Kier molecular flexibility index (Phi) is 5.17. The van der Waals surface area contributed by atoms with Crippen molar-refractivity contribution in [2.45, 2.75) is 35.3 Å². The van der Waals surface area contributed by atoms with Crippen molar-refractivity contribution in [1.82, 2.24) is 19.5 Å². The fourth-order valence-corrected chi connectivity index (χ4v) is 3.97. The van der Waals surface area contributed by atoms with E-state index in [4.69, 9.17) is 10.5 Å². The highest BCUT2D eigenvalue weighted by atomic mass is 32.2. The molecular weight excluding hydrogens is 389 g/mol. The number of halogens is 1. The van der Waals surface area contributed by atoms with Crippen LogP contribution in [-0.4, -0.2) is 59.8 Å². The molecule has 1 aromatic carbocycles. The monoisotopic (exact) mass is 407 g/mol. The van der Waals surface area contributed by atoms with E-state index in [1.807, 2.05) is 0 Å². The van der Waals surface area contributed by atoms with E-state index < -0.39 is 31.1 Å². The summed E-state index contributed by atoms with van der Waals surface area (Å²) in [5.41, 5.74) is 7.53. The lowest BCUT2D eigenvalue weighted by Crippen LogP contribution is -2.33. The van der Waals surface area contributed by atoms with Gasteiger partial charge in [0.25, 0.3) is 0 Å². The molecule has 0 bridgehead atoms. The first kappa shape index (κ1) is 19.0. The number of aliphatic hydroxyl groups is 3. The van der Waals surface area contributed by atoms with Crippen LogP contribution in [0.5, 0.6) is 0 Å². The first-order chi connectivity index (χ1) is 13.5. The smallest absolute Gasteiger partial charge is 0.223 e. The lowest BCUT2D eigenvalue weighted by atomic mass is 10.1. The fourth-order valence-electron chi connectivity index (χ4n) is 3.04. The van der Waals surface area contributed by atoms with Crippen molar-refractivity contribution in [3.63, 3.8) is 0 Å². The number of nitrogens with zero attached hydrogens (tertiary/aromatic N) is 4. The van der Waals surface area contributed by atoms with E-state index in [0.717, 1.165) is 5.56 Å². The van der Waals surface area contributed by atoms with Crippen molar-refractivity contribution in [3.05, 3.63) is 42.0 Å². The Labute approximate surface area is 163 Å². The number of fused-ring (bicyclic) bond motifs is 1. The number of imidazole rings is 1. The molecule has 3 heterocycles. The van der Waals surface area contributed by atoms with Gasteiger partial charge in [-0.15, -0.1) is 0 Å². The molecule has 3 aromatic rings. The van der Waals surface area contributed by atoms with Gasteiger partial charge in [0.2, 0.25) is 5.95 Å². The van der Waals surface area contributed by atoms with Gasteiger partial charge in [-0.3, -0.25) is 4.57 Å². The molecule has 0 saturated carbocycles. The van der Waals surface area contributed by atoms with Crippen LogP contribution in [0.15, 0.2) is 35.6 Å². The minimum Gasteiger partial charge on any atom is -0.394 e. The van der Waals surface area contributed by atoms with Crippen molar-refractivity contribution in [2.24, 2.45) is 0 Å². The van der Waals surface area contributed by atoms with Gasteiger partial charge in [0.15, 0.2) is 11.9 Å². The molecule has 1 aliphatic rings. The van der Waals surface area contributed by atoms with Gasteiger partial charge in [-0.1, -0.05) is 23.9 Å². The number of thioether (sulfide) groups is 1. The average molecular weight is 407 g/mol. The van der Waals surface area contributed by atoms with Crippen LogP contribution in [0.25, 0.3) is 11.2 Å². The third-order valence-electron chi connectivity index (χ3n) is 4.49. The van der Waals surface area contributed by atoms with E-state index in [2.05, 4.69) is 15.0 Å². The Morgan fingerprint density at radius 3 is 2.61 bits per heavy atom. The van der Waals surface area contributed by atoms with Gasteiger partial charge < -0.3 is 25.8 Å². The maximum Gasteiger partial charge on any atom is 0.223 e. The molecule has 11 heteroatoms. The summed E-state index contributed by atoms with van der Waals surface area (Å²) in [5, 5.41) is 30.0. The molecule has 0 spiro atoms. The Balaban J connectivity index is 1.64. The molecule has 28 heavy (non-hydrogen) atoms. The van der Waals surface area contributed by atoms with Gasteiger partial charge in [0.1, 0.15) is 34.7 Å². The summed E-state index contributed by atoms with van der Waals surface area (Å²) in [7, 11) is 0. The molecule has 9 nitrogen and oxygen atoms in total. The quantitative estimate of drug-likeness (QED) is 0.351. The zero-order valence-corrected chi connectivity index (χ0v) is 15.3. The van der Waals surface area contributed by atoms with Gasteiger partial charge in [-0.25, -0.2) is 14.4 Å². The number of hydrogen-bond acceptors (Lipinski definition) is 9. The number of benzene rings is 1. The molecule has 5 N–H and O–H groups in total. The molecule has 4 rings (SSSR count). The lowest BCUT2D eigenvalue weighted by Gasteiger charge is -2.16. The molecule has 1 fully saturated rings. The van der Waals surface area contributed by atoms with Crippen LogP contribution >= 0.6 is 11.8 Å². The molecule has 1 aliphatic heterocycles. The second-order valence-electron chi connectivity index (χ2n) is 6.36. The van der Waals surface area contributed by atoms with Crippen LogP contribution in [0.3, 0.4) is 0 Å². The number of anilines is 1. The Hall–Kier alpha value is -2.31. The predicted molar refractivity (Wildman–Crippen MR) is 98.7 cm³/mol. The van der Waals surface area contributed by atoms with Gasteiger partial charge in [0, 0.05) is 5.75 Å². The number of aromatic nitrogens is 4. The van der Waals surface area contributed by atoms with E-state index in [-0.39, 0.29) is 11.8 Å². The summed E-state index contributed by atoms with van der Waals surface area (Å²) >= 11 is 1.36. The van der Waals surface area contributed by atoms with Gasteiger partial charge in [0.05, 0.1) is 12.9 Å². The Morgan fingerprint density at radius 2 is 1.93 bits per heavy atom. The number of ether oxygens (including phenoxy) is 1. The van der Waals surface area contributed by atoms with Crippen LogP contribution < -0.4 is 5.73 Å². The minimum atomic E-state index is -1.26. The SMILES string of the molecule is Nc1nc(SCc2ccc(F)cc2)c2ncn([C@@H]3O[C@@H](CO)[C@@H](O)[C@H]3O)c2n1. The van der Waals surface area contributed by atoms with Crippen LogP contribution in [-0.2, 0) is 10.5 Å². The van der Waals surface area contributed by atoms with Crippen molar-refractivity contribution >= 4 is 28.9 Å². The van der Waals surface area contributed by atoms with Gasteiger partial charge >= 0.3 is 0 Å². The zero-order valence-electron chi connectivity index (χ0n) is 14.5.